The molecule has 60 heavy (non-hydrogen) atoms. The molecule has 2 heterocycles. The molecular formula is C50H60O10. The minimum absolute atomic E-state index is 0.00658. The first-order chi connectivity index (χ1) is 28.5. The van der Waals surface area contributed by atoms with Gasteiger partial charge in [0.05, 0.1) is 38.3 Å². The first-order valence-corrected chi connectivity index (χ1v) is 21.1. The van der Waals surface area contributed by atoms with Crippen molar-refractivity contribution < 1.29 is 48.2 Å². The number of benzene rings is 4. The number of aliphatic carboxylic acids is 2. The molecule has 2 aliphatic carbocycles. The van der Waals surface area contributed by atoms with Gasteiger partial charge in [0.2, 0.25) is 0 Å². The predicted molar refractivity (Wildman–Crippen MR) is 229 cm³/mol. The van der Waals surface area contributed by atoms with E-state index in [-0.39, 0.29) is 59.9 Å². The normalized spacial score (nSPS) is 20.9. The number of carbonyl (C=O) groups is 2. The fourth-order valence-electron chi connectivity index (χ4n) is 9.67. The lowest BCUT2D eigenvalue weighted by Crippen LogP contribution is -2.21. The average molecular weight is 821 g/mol. The number of carboxylic acids is 2. The summed E-state index contributed by atoms with van der Waals surface area (Å²) in [5.74, 6) is 1.18. The molecule has 4 aliphatic rings. The van der Waals surface area contributed by atoms with Crippen LogP contribution in [0.5, 0.6) is 23.0 Å². The smallest absolute Gasteiger partial charge is 0.304 e. The van der Waals surface area contributed by atoms with Crippen molar-refractivity contribution >= 4 is 11.9 Å². The SMILES string of the molecule is CO[C@@H](c1cccc2c1CC[C@H]2Oc1ccc2c(c1)OC[C@H]2CC(=O)O)C(C)(C)C.CO[C@H](c1cccc2c1CC[C@H]2Oc1ccc2c(c1)OC[C@H]2CC(=O)O)C(C)(C)C. The Labute approximate surface area is 354 Å². The molecule has 2 N–H and O–H groups in total. The van der Waals surface area contributed by atoms with Gasteiger partial charge in [-0.2, -0.15) is 0 Å². The van der Waals surface area contributed by atoms with Crippen molar-refractivity contribution in [2.75, 3.05) is 27.4 Å². The van der Waals surface area contributed by atoms with E-state index in [0.29, 0.717) is 13.2 Å². The molecule has 10 nitrogen and oxygen atoms in total. The molecule has 0 radical (unpaired) electrons. The highest BCUT2D eigenvalue weighted by Gasteiger charge is 2.36. The van der Waals surface area contributed by atoms with Gasteiger partial charge < -0.3 is 38.6 Å². The van der Waals surface area contributed by atoms with Crippen LogP contribution < -0.4 is 18.9 Å². The second-order valence-corrected chi connectivity index (χ2v) is 18.7. The minimum atomic E-state index is -0.806. The second kappa shape index (κ2) is 17.5. The summed E-state index contributed by atoms with van der Waals surface area (Å²) in [5.41, 5.74) is 9.54. The Balaban J connectivity index is 0.000000181. The largest absolute Gasteiger partial charge is 0.492 e. The van der Waals surface area contributed by atoms with Crippen molar-refractivity contribution in [3.63, 3.8) is 0 Å². The molecule has 8 rings (SSSR count). The van der Waals surface area contributed by atoms with Gasteiger partial charge in [0.15, 0.2) is 0 Å². The van der Waals surface area contributed by atoms with E-state index in [1.54, 1.807) is 14.2 Å². The monoisotopic (exact) mass is 820 g/mol. The third-order valence-electron chi connectivity index (χ3n) is 12.2. The van der Waals surface area contributed by atoms with Gasteiger partial charge in [-0.15, -0.1) is 0 Å². The first kappa shape index (κ1) is 43.0. The van der Waals surface area contributed by atoms with Crippen LogP contribution in [0.4, 0.5) is 0 Å². The summed E-state index contributed by atoms with van der Waals surface area (Å²) < 4.78 is 35.9. The average Bonchev–Trinajstić information content (AvgIpc) is 3.98. The van der Waals surface area contributed by atoms with Gasteiger partial charge in [0.25, 0.3) is 0 Å². The van der Waals surface area contributed by atoms with E-state index >= 15 is 0 Å². The van der Waals surface area contributed by atoms with Gasteiger partial charge in [0, 0.05) is 49.3 Å². The topological polar surface area (TPSA) is 130 Å². The second-order valence-electron chi connectivity index (χ2n) is 18.7. The lowest BCUT2D eigenvalue weighted by molar-refractivity contribution is -0.138. The number of hydrogen-bond acceptors (Lipinski definition) is 8. The minimum Gasteiger partial charge on any atom is -0.492 e. The zero-order valence-corrected chi connectivity index (χ0v) is 36.2. The molecule has 0 bridgehead atoms. The van der Waals surface area contributed by atoms with Crippen LogP contribution in [-0.2, 0) is 31.9 Å². The highest BCUT2D eigenvalue weighted by atomic mass is 16.5. The molecule has 6 atom stereocenters. The van der Waals surface area contributed by atoms with Gasteiger partial charge in [-0.3, -0.25) is 9.59 Å². The van der Waals surface area contributed by atoms with E-state index in [4.69, 9.17) is 38.6 Å². The summed E-state index contributed by atoms with van der Waals surface area (Å²) in [4.78, 5) is 22.1. The van der Waals surface area contributed by atoms with Gasteiger partial charge in [-0.05, 0) is 82.0 Å². The van der Waals surface area contributed by atoms with E-state index in [1.807, 2.05) is 36.4 Å². The Morgan fingerprint density at radius 1 is 0.617 bits per heavy atom. The van der Waals surface area contributed by atoms with Crippen LogP contribution >= 0.6 is 0 Å². The van der Waals surface area contributed by atoms with Crippen molar-refractivity contribution in [1.82, 2.24) is 0 Å². The maximum Gasteiger partial charge on any atom is 0.304 e. The van der Waals surface area contributed by atoms with E-state index in [1.165, 1.54) is 33.4 Å². The summed E-state index contributed by atoms with van der Waals surface area (Å²) >= 11 is 0. The first-order valence-electron chi connectivity index (χ1n) is 21.1. The van der Waals surface area contributed by atoms with Crippen molar-refractivity contribution in [3.8, 4) is 23.0 Å². The molecule has 0 unspecified atom stereocenters. The fraction of sp³-hybridized carbons (Fsp3) is 0.480. The molecule has 320 valence electrons. The summed E-state index contributed by atoms with van der Waals surface area (Å²) in [6.45, 7) is 14.0. The molecule has 10 heteroatoms. The zero-order chi connectivity index (χ0) is 42.9. The third kappa shape index (κ3) is 9.15. The molecule has 4 aromatic rings. The number of carboxylic acid groups (broad SMARTS) is 2. The number of methoxy groups -OCH3 is 2. The lowest BCUT2D eigenvalue weighted by atomic mass is 9.82. The van der Waals surface area contributed by atoms with E-state index in [0.717, 1.165) is 59.8 Å². The molecule has 4 aromatic carbocycles. The Kier molecular flexibility index (Phi) is 12.6. The molecular weight excluding hydrogens is 761 g/mol. The number of rotatable bonds is 12. The standard InChI is InChI=1S/2C25H30O5/c2*1-25(2,3)24(28-4)20-7-5-6-19-18(20)10-11-21(19)30-16-8-9-17-15(12-23(26)27)14-29-22(17)13-16/h2*5-9,13,15,21,24H,10-12,14H2,1-4H3,(H,26,27)/t15-,21-,24+;15-,21-,24-/m11/s1. The highest BCUT2D eigenvalue weighted by Crippen LogP contribution is 2.47. The van der Waals surface area contributed by atoms with Crippen molar-refractivity contribution in [2.24, 2.45) is 10.8 Å². The highest BCUT2D eigenvalue weighted by molar-refractivity contribution is 5.69. The fourth-order valence-corrected chi connectivity index (χ4v) is 9.67. The van der Waals surface area contributed by atoms with Crippen molar-refractivity contribution in [1.29, 1.82) is 0 Å². The number of hydrogen-bond donors (Lipinski definition) is 2. The summed E-state index contributed by atoms with van der Waals surface area (Å²) in [6, 6.07) is 24.4. The van der Waals surface area contributed by atoms with Gasteiger partial charge >= 0.3 is 11.9 Å². The molecule has 0 aromatic heterocycles. The van der Waals surface area contributed by atoms with E-state index in [2.05, 4.69) is 77.9 Å². The summed E-state index contributed by atoms with van der Waals surface area (Å²) in [5, 5.41) is 18.2. The van der Waals surface area contributed by atoms with Crippen LogP contribution in [0.15, 0.2) is 72.8 Å². The molecule has 0 spiro atoms. The lowest BCUT2D eigenvalue weighted by Gasteiger charge is -2.31. The zero-order valence-electron chi connectivity index (χ0n) is 36.2. The van der Waals surface area contributed by atoms with Crippen LogP contribution in [0.2, 0.25) is 0 Å². The van der Waals surface area contributed by atoms with Crippen molar-refractivity contribution in [3.05, 3.63) is 117 Å². The Hall–Kier alpha value is -5.06. The van der Waals surface area contributed by atoms with Crippen LogP contribution in [0.1, 0.15) is 148 Å². The molecule has 0 amide bonds. The quantitative estimate of drug-likeness (QED) is 0.142. The van der Waals surface area contributed by atoms with Crippen molar-refractivity contribution in [2.45, 2.75) is 116 Å². The third-order valence-corrected chi connectivity index (χ3v) is 12.2. The van der Waals surface area contributed by atoms with Crippen LogP contribution in [0, 0.1) is 10.8 Å². The number of ether oxygens (including phenoxy) is 6. The maximum atomic E-state index is 11.0. The molecule has 0 fully saturated rings. The van der Waals surface area contributed by atoms with Gasteiger partial charge in [0.1, 0.15) is 35.2 Å². The summed E-state index contributed by atoms with van der Waals surface area (Å²) in [7, 11) is 3.56. The van der Waals surface area contributed by atoms with Gasteiger partial charge in [-0.25, -0.2) is 0 Å². The Morgan fingerprint density at radius 2 is 1.02 bits per heavy atom. The maximum absolute atomic E-state index is 11.0. The molecule has 0 saturated heterocycles. The molecule has 2 aliphatic heterocycles. The predicted octanol–water partition coefficient (Wildman–Crippen LogP) is 10.9. The summed E-state index contributed by atoms with van der Waals surface area (Å²) in [6.07, 6.45) is 4.00. The Bertz CT molecular complexity index is 2040. The van der Waals surface area contributed by atoms with Crippen LogP contribution in [-0.4, -0.2) is 49.6 Å². The van der Waals surface area contributed by atoms with Crippen LogP contribution in [0.3, 0.4) is 0 Å². The number of fused-ring (bicyclic) bond motifs is 4. The van der Waals surface area contributed by atoms with E-state index in [9.17, 15) is 9.59 Å². The molecule has 0 saturated carbocycles. The van der Waals surface area contributed by atoms with E-state index < -0.39 is 11.9 Å². The Morgan fingerprint density at radius 3 is 1.37 bits per heavy atom. The van der Waals surface area contributed by atoms with Crippen LogP contribution in [0.25, 0.3) is 0 Å². The van der Waals surface area contributed by atoms with Gasteiger partial charge in [-0.1, -0.05) is 90.1 Å².